The molecule has 146 valence electrons. The fourth-order valence-electron chi connectivity index (χ4n) is 3.15. The summed E-state index contributed by atoms with van der Waals surface area (Å²) in [5.41, 5.74) is 2.28. The van der Waals surface area contributed by atoms with Gasteiger partial charge in [-0.3, -0.25) is 4.72 Å². The molecule has 2 N–H and O–H groups in total. The number of para-hydroxylation sites is 2. The summed E-state index contributed by atoms with van der Waals surface area (Å²) in [5.74, 6) is 1.82. The molecule has 0 amide bonds. The van der Waals surface area contributed by atoms with E-state index >= 15 is 0 Å². The summed E-state index contributed by atoms with van der Waals surface area (Å²) in [4.78, 5) is 7.81. The van der Waals surface area contributed by atoms with Gasteiger partial charge in [0.2, 0.25) is 6.79 Å². The molecule has 9 heteroatoms. The molecule has 0 aliphatic carbocycles. The average molecular weight is 428 g/mol. The molecule has 29 heavy (non-hydrogen) atoms. The topological polar surface area (TPSA) is 93.3 Å². The first kappa shape index (κ1) is 17.8. The fraction of sp³-hybridized carbons (Fsp3) is 0.0500. The summed E-state index contributed by atoms with van der Waals surface area (Å²) in [6.45, 7) is 0.155. The highest BCUT2D eigenvalue weighted by Crippen LogP contribution is 2.40. The van der Waals surface area contributed by atoms with Crippen LogP contribution in [0.3, 0.4) is 0 Å². The number of aromatic amines is 1. The maximum atomic E-state index is 12.8. The maximum Gasteiger partial charge on any atom is 0.262 e. The Hall–Kier alpha value is -3.23. The number of nitrogens with one attached hydrogen (secondary N) is 2. The number of sulfonamides is 1. The summed E-state index contributed by atoms with van der Waals surface area (Å²) >= 11 is 6.07. The van der Waals surface area contributed by atoms with Gasteiger partial charge in [-0.25, -0.2) is 13.4 Å². The van der Waals surface area contributed by atoms with E-state index in [1.807, 2.05) is 18.2 Å². The minimum absolute atomic E-state index is 0.0954. The number of halogens is 1. The number of fused-ring (bicyclic) bond motifs is 2. The number of aromatic nitrogens is 2. The first-order valence-corrected chi connectivity index (χ1v) is 10.5. The van der Waals surface area contributed by atoms with Gasteiger partial charge in [0.15, 0.2) is 11.5 Å². The summed E-state index contributed by atoms with van der Waals surface area (Å²) in [7, 11) is -3.82. The van der Waals surface area contributed by atoms with Gasteiger partial charge in [0.1, 0.15) is 5.82 Å². The molecule has 1 aromatic heterocycles. The normalized spacial score (nSPS) is 13.0. The molecule has 2 heterocycles. The molecular weight excluding hydrogens is 414 g/mol. The molecule has 0 saturated carbocycles. The van der Waals surface area contributed by atoms with E-state index in [2.05, 4.69) is 14.7 Å². The largest absolute Gasteiger partial charge is 0.454 e. The number of imidazole rings is 1. The van der Waals surface area contributed by atoms with Crippen LogP contribution < -0.4 is 14.2 Å². The minimum atomic E-state index is -3.82. The highest BCUT2D eigenvalue weighted by Gasteiger charge is 2.21. The van der Waals surface area contributed by atoms with Crippen LogP contribution in [0.2, 0.25) is 5.02 Å². The Morgan fingerprint density at radius 2 is 1.90 bits per heavy atom. The molecule has 0 bridgehead atoms. The maximum absolute atomic E-state index is 12.8. The lowest BCUT2D eigenvalue weighted by Gasteiger charge is -2.09. The second-order valence-electron chi connectivity index (χ2n) is 6.39. The summed E-state index contributed by atoms with van der Waals surface area (Å²) < 4.78 is 39.0. The van der Waals surface area contributed by atoms with E-state index in [9.17, 15) is 8.42 Å². The van der Waals surface area contributed by atoms with Crippen molar-refractivity contribution in [3.8, 4) is 22.9 Å². The Morgan fingerprint density at radius 1 is 1.03 bits per heavy atom. The van der Waals surface area contributed by atoms with E-state index in [1.54, 1.807) is 30.3 Å². The second kappa shape index (κ2) is 6.68. The van der Waals surface area contributed by atoms with E-state index in [1.165, 1.54) is 12.1 Å². The van der Waals surface area contributed by atoms with Gasteiger partial charge in [-0.2, -0.15) is 0 Å². The van der Waals surface area contributed by atoms with Gasteiger partial charge in [0.05, 0.1) is 32.2 Å². The summed E-state index contributed by atoms with van der Waals surface area (Å²) in [6, 6.07) is 16.9. The van der Waals surface area contributed by atoms with Crippen LogP contribution in [0.25, 0.3) is 22.4 Å². The number of benzene rings is 3. The van der Waals surface area contributed by atoms with Crippen molar-refractivity contribution >= 4 is 38.3 Å². The first-order chi connectivity index (χ1) is 14.0. The number of ether oxygens (including phenoxy) is 2. The monoisotopic (exact) mass is 427 g/mol. The molecule has 0 fully saturated rings. The Bertz CT molecular complexity index is 1350. The average Bonchev–Trinajstić information content (AvgIpc) is 3.35. The minimum Gasteiger partial charge on any atom is -0.454 e. The van der Waals surface area contributed by atoms with Crippen molar-refractivity contribution in [2.45, 2.75) is 4.90 Å². The molecule has 0 atom stereocenters. The van der Waals surface area contributed by atoms with Crippen LogP contribution in [0.4, 0.5) is 5.69 Å². The van der Waals surface area contributed by atoms with E-state index in [4.69, 9.17) is 21.1 Å². The van der Waals surface area contributed by atoms with E-state index < -0.39 is 10.0 Å². The van der Waals surface area contributed by atoms with Gasteiger partial charge in [-0.15, -0.1) is 0 Å². The molecule has 0 spiro atoms. The highest BCUT2D eigenvalue weighted by atomic mass is 35.5. The third-order valence-corrected chi connectivity index (χ3v) is 6.23. The number of hydrogen-bond donors (Lipinski definition) is 2. The van der Waals surface area contributed by atoms with Crippen molar-refractivity contribution in [2.24, 2.45) is 0 Å². The summed E-state index contributed by atoms with van der Waals surface area (Å²) in [5, 5.41) is 0.320. The predicted molar refractivity (Wildman–Crippen MR) is 110 cm³/mol. The number of rotatable bonds is 4. The van der Waals surface area contributed by atoms with Crippen molar-refractivity contribution in [3.63, 3.8) is 0 Å². The molecule has 3 aromatic carbocycles. The van der Waals surface area contributed by atoms with Crippen molar-refractivity contribution < 1.29 is 17.9 Å². The van der Waals surface area contributed by atoms with Crippen molar-refractivity contribution in [3.05, 3.63) is 65.7 Å². The van der Waals surface area contributed by atoms with Gasteiger partial charge in [0, 0.05) is 0 Å². The summed E-state index contributed by atoms with van der Waals surface area (Å²) in [6.07, 6.45) is 0. The molecule has 1 aliphatic rings. The fourth-order valence-corrected chi connectivity index (χ4v) is 4.49. The van der Waals surface area contributed by atoms with Gasteiger partial charge >= 0.3 is 0 Å². The predicted octanol–water partition coefficient (Wildman–Crippen LogP) is 4.41. The van der Waals surface area contributed by atoms with Crippen LogP contribution in [0, 0.1) is 0 Å². The van der Waals surface area contributed by atoms with Crippen LogP contribution >= 0.6 is 11.6 Å². The zero-order chi connectivity index (χ0) is 20.0. The van der Waals surface area contributed by atoms with Crippen LogP contribution in [-0.2, 0) is 10.0 Å². The molecule has 1 aliphatic heterocycles. The van der Waals surface area contributed by atoms with Crippen molar-refractivity contribution in [2.75, 3.05) is 11.5 Å². The first-order valence-electron chi connectivity index (χ1n) is 8.67. The number of hydrogen-bond acceptors (Lipinski definition) is 5. The molecule has 0 radical (unpaired) electrons. The number of anilines is 1. The standard InChI is InChI=1S/C20H14ClN3O4S/c21-14-5-1-2-6-15(14)24-29(25,26)12-8-9-16-17(10-12)23-20(22-16)13-4-3-7-18-19(13)28-11-27-18/h1-10,24H,11H2,(H,22,23). The van der Waals surface area contributed by atoms with Gasteiger partial charge in [-0.05, 0) is 42.5 Å². The van der Waals surface area contributed by atoms with E-state index in [-0.39, 0.29) is 11.7 Å². The smallest absolute Gasteiger partial charge is 0.262 e. The lowest BCUT2D eigenvalue weighted by atomic mass is 10.2. The number of nitrogens with zero attached hydrogens (tertiary/aromatic N) is 1. The lowest BCUT2D eigenvalue weighted by molar-refractivity contribution is 0.174. The lowest BCUT2D eigenvalue weighted by Crippen LogP contribution is -2.13. The Morgan fingerprint density at radius 3 is 2.76 bits per heavy atom. The van der Waals surface area contributed by atoms with E-state index in [0.717, 1.165) is 5.56 Å². The van der Waals surface area contributed by atoms with Gasteiger partial charge < -0.3 is 14.5 Å². The van der Waals surface area contributed by atoms with Gasteiger partial charge in [0.25, 0.3) is 10.0 Å². The van der Waals surface area contributed by atoms with Crippen LogP contribution in [0.15, 0.2) is 65.6 Å². The molecule has 4 aromatic rings. The SMILES string of the molecule is O=S(=O)(Nc1ccccc1Cl)c1ccc2nc(-c3cccc4c3OCO4)[nH]c2c1. The van der Waals surface area contributed by atoms with Crippen molar-refractivity contribution in [1.29, 1.82) is 0 Å². The molecular formula is C20H14ClN3O4S. The number of H-pyrrole nitrogens is 1. The quantitative estimate of drug-likeness (QED) is 0.503. The third-order valence-electron chi connectivity index (χ3n) is 4.53. The zero-order valence-corrected chi connectivity index (χ0v) is 16.4. The Labute approximate surface area is 171 Å². The zero-order valence-electron chi connectivity index (χ0n) is 14.8. The Kier molecular flexibility index (Phi) is 4.11. The third kappa shape index (κ3) is 3.16. The van der Waals surface area contributed by atoms with Crippen LogP contribution in [-0.4, -0.2) is 25.2 Å². The van der Waals surface area contributed by atoms with Crippen LogP contribution in [0.1, 0.15) is 0 Å². The van der Waals surface area contributed by atoms with Crippen LogP contribution in [0.5, 0.6) is 11.5 Å². The molecule has 0 unspecified atom stereocenters. The van der Waals surface area contributed by atoms with E-state index in [0.29, 0.717) is 39.1 Å². The Balaban J connectivity index is 1.53. The molecule has 7 nitrogen and oxygen atoms in total. The van der Waals surface area contributed by atoms with Gasteiger partial charge in [-0.1, -0.05) is 29.8 Å². The highest BCUT2D eigenvalue weighted by molar-refractivity contribution is 7.92. The molecule has 0 saturated heterocycles. The van der Waals surface area contributed by atoms with Crippen molar-refractivity contribution in [1.82, 2.24) is 9.97 Å². The molecule has 5 rings (SSSR count). The second-order valence-corrected chi connectivity index (χ2v) is 8.48.